The normalized spacial score (nSPS) is 11.1. The minimum atomic E-state index is 0.472. The number of aromatic nitrogens is 1. The summed E-state index contributed by atoms with van der Waals surface area (Å²) in [6.07, 6.45) is 0.950. The second-order valence-electron chi connectivity index (χ2n) is 6.66. The van der Waals surface area contributed by atoms with Crippen molar-refractivity contribution < 1.29 is 4.74 Å². The van der Waals surface area contributed by atoms with E-state index in [1.165, 1.54) is 11.1 Å². The highest BCUT2D eigenvalue weighted by molar-refractivity contribution is 7.09. The minimum absolute atomic E-state index is 0.472. The fourth-order valence-corrected chi connectivity index (χ4v) is 3.55. The van der Waals surface area contributed by atoms with Crippen molar-refractivity contribution in [1.29, 1.82) is 0 Å². The van der Waals surface area contributed by atoms with Crippen molar-refractivity contribution in [2.24, 2.45) is 0 Å². The Hall–Kier alpha value is -2.17. The van der Waals surface area contributed by atoms with Gasteiger partial charge in [-0.25, -0.2) is 4.98 Å². The molecule has 1 aromatic heterocycles. The van der Waals surface area contributed by atoms with Crippen LogP contribution in [-0.2, 0) is 13.0 Å². The Kier molecular flexibility index (Phi) is 6.42. The maximum absolute atomic E-state index is 6.16. The summed E-state index contributed by atoms with van der Waals surface area (Å²) in [5, 5.41) is 6.47. The second-order valence-corrected chi connectivity index (χ2v) is 7.61. The largest absolute Gasteiger partial charge is 0.488 e. The molecule has 0 fully saturated rings. The molecule has 0 radical (unpaired) electrons. The van der Waals surface area contributed by atoms with Crippen molar-refractivity contribution in [3.05, 3.63) is 70.0 Å². The Morgan fingerprint density at radius 2 is 1.92 bits per heavy atom. The van der Waals surface area contributed by atoms with Crippen molar-refractivity contribution in [2.75, 3.05) is 13.6 Å². The first-order valence-electron chi connectivity index (χ1n) is 9.07. The van der Waals surface area contributed by atoms with E-state index in [0.717, 1.165) is 35.0 Å². The molecule has 1 heterocycles. The van der Waals surface area contributed by atoms with Crippen LogP contribution in [0.1, 0.15) is 35.9 Å². The third-order valence-electron chi connectivity index (χ3n) is 4.32. The van der Waals surface area contributed by atoms with E-state index >= 15 is 0 Å². The molecule has 26 heavy (non-hydrogen) atoms. The first-order valence-corrected chi connectivity index (χ1v) is 9.95. The molecular weight excluding hydrogens is 340 g/mol. The Morgan fingerprint density at radius 3 is 2.65 bits per heavy atom. The van der Waals surface area contributed by atoms with Crippen LogP contribution in [0.4, 0.5) is 0 Å². The number of nitrogens with one attached hydrogen (secondary N) is 1. The van der Waals surface area contributed by atoms with E-state index in [2.05, 4.69) is 54.9 Å². The van der Waals surface area contributed by atoms with Gasteiger partial charge in [-0.1, -0.05) is 50.2 Å². The van der Waals surface area contributed by atoms with Gasteiger partial charge in [0.1, 0.15) is 12.4 Å². The molecule has 0 aliphatic heterocycles. The predicted molar refractivity (Wildman–Crippen MR) is 110 cm³/mol. The topological polar surface area (TPSA) is 34.2 Å². The number of hydrogen-bond acceptors (Lipinski definition) is 4. The molecule has 136 valence electrons. The van der Waals surface area contributed by atoms with Gasteiger partial charge < -0.3 is 10.1 Å². The van der Waals surface area contributed by atoms with Crippen LogP contribution in [0.3, 0.4) is 0 Å². The first-order chi connectivity index (χ1) is 12.7. The summed E-state index contributed by atoms with van der Waals surface area (Å²) in [5.41, 5.74) is 4.56. The van der Waals surface area contributed by atoms with Gasteiger partial charge in [0, 0.05) is 23.9 Å². The summed E-state index contributed by atoms with van der Waals surface area (Å²) in [4.78, 5) is 4.83. The van der Waals surface area contributed by atoms with Crippen molar-refractivity contribution in [2.45, 2.75) is 32.8 Å². The lowest BCUT2D eigenvalue weighted by Gasteiger charge is -2.14. The minimum Gasteiger partial charge on any atom is -0.488 e. The zero-order valence-corrected chi connectivity index (χ0v) is 16.5. The molecule has 0 unspecified atom stereocenters. The summed E-state index contributed by atoms with van der Waals surface area (Å²) in [5.74, 6) is 1.36. The van der Waals surface area contributed by atoms with Crippen LogP contribution in [-0.4, -0.2) is 18.6 Å². The molecule has 3 aromatic rings. The van der Waals surface area contributed by atoms with Crippen LogP contribution in [0.15, 0.2) is 53.9 Å². The summed E-state index contributed by atoms with van der Waals surface area (Å²) in [6, 6.07) is 16.7. The lowest BCUT2D eigenvalue weighted by atomic mass is 9.99. The zero-order valence-electron chi connectivity index (χ0n) is 15.7. The fraction of sp³-hybridized carbons (Fsp3) is 0.318. The van der Waals surface area contributed by atoms with Gasteiger partial charge in [-0.05, 0) is 36.2 Å². The molecule has 4 heteroatoms. The lowest BCUT2D eigenvalue weighted by molar-refractivity contribution is 0.307. The Balaban J connectivity index is 1.87. The van der Waals surface area contributed by atoms with E-state index in [1.807, 2.05) is 25.2 Å². The molecular formula is C22H26N2OS. The first kappa shape index (κ1) is 18.6. The average molecular weight is 367 g/mol. The van der Waals surface area contributed by atoms with E-state index in [9.17, 15) is 0 Å². The highest BCUT2D eigenvalue weighted by Gasteiger charge is 2.13. The average Bonchev–Trinajstić information content (AvgIpc) is 3.14. The number of benzene rings is 2. The van der Waals surface area contributed by atoms with Crippen LogP contribution in [0.25, 0.3) is 11.3 Å². The Bertz CT molecular complexity index is 827. The molecule has 0 aliphatic carbocycles. The molecule has 0 atom stereocenters. The van der Waals surface area contributed by atoms with Gasteiger partial charge in [0.25, 0.3) is 0 Å². The van der Waals surface area contributed by atoms with Gasteiger partial charge in [0.05, 0.1) is 10.7 Å². The van der Waals surface area contributed by atoms with Crippen molar-refractivity contribution >= 4 is 11.3 Å². The fourth-order valence-electron chi connectivity index (χ4n) is 2.75. The maximum atomic E-state index is 6.16. The van der Waals surface area contributed by atoms with Crippen LogP contribution >= 0.6 is 11.3 Å². The molecule has 3 rings (SSSR count). The molecule has 1 N–H and O–H groups in total. The highest BCUT2D eigenvalue weighted by atomic mass is 32.1. The van der Waals surface area contributed by atoms with Gasteiger partial charge in [0.15, 0.2) is 0 Å². The molecule has 0 bridgehead atoms. The number of ether oxygens (including phenoxy) is 1. The second kappa shape index (κ2) is 8.97. The molecule has 3 nitrogen and oxygen atoms in total. The Labute approximate surface area is 160 Å². The van der Waals surface area contributed by atoms with Crippen molar-refractivity contribution in [3.63, 3.8) is 0 Å². The van der Waals surface area contributed by atoms with Crippen molar-refractivity contribution in [1.82, 2.24) is 10.3 Å². The van der Waals surface area contributed by atoms with E-state index in [0.29, 0.717) is 12.5 Å². The van der Waals surface area contributed by atoms with Crippen LogP contribution in [0.2, 0.25) is 0 Å². The number of rotatable bonds is 8. The molecule has 0 amide bonds. The molecule has 0 aliphatic rings. The van der Waals surface area contributed by atoms with Gasteiger partial charge in [-0.2, -0.15) is 0 Å². The lowest BCUT2D eigenvalue weighted by Crippen LogP contribution is -2.09. The van der Waals surface area contributed by atoms with E-state index < -0.39 is 0 Å². The van der Waals surface area contributed by atoms with E-state index in [4.69, 9.17) is 9.72 Å². The van der Waals surface area contributed by atoms with Crippen LogP contribution in [0.5, 0.6) is 5.75 Å². The third kappa shape index (κ3) is 4.71. The number of likely N-dealkylation sites (N-methyl/N-ethyl adjacent to an activating group) is 1. The van der Waals surface area contributed by atoms with Gasteiger partial charge in [-0.3, -0.25) is 0 Å². The molecule has 2 aromatic carbocycles. The summed E-state index contributed by atoms with van der Waals surface area (Å²) in [7, 11) is 1.97. The number of hydrogen-bond donors (Lipinski definition) is 1. The van der Waals surface area contributed by atoms with Gasteiger partial charge >= 0.3 is 0 Å². The number of nitrogens with zero attached hydrogens (tertiary/aromatic N) is 1. The predicted octanol–water partition coefficient (Wildman–Crippen LogP) is 5.27. The summed E-state index contributed by atoms with van der Waals surface area (Å²) >= 11 is 1.72. The Morgan fingerprint density at radius 1 is 1.12 bits per heavy atom. The quantitative estimate of drug-likeness (QED) is 0.589. The van der Waals surface area contributed by atoms with Crippen LogP contribution < -0.4 is 10.1 Å². The smallest absolute Gasteiger partial charge is 0.129 e. The molecule has 0 spiro atoms. The molecule has 0 saturated carbocycles. The number of thiazole rings is 1. The highest BCUT2D eigenvalue weighted by Crippen LogP contribution is 2.34. The van der Waals surface area contributed by atoms with Crippen molar-refractivity contribution in [3.8, 4) is 17.0 Å². The standard InChI is InChI=1S/C22H26N2OS/c1-16(2)18-9-10-21(25-14-17-7-5-4-6-8-17)19(13-18)20-15-26-22(24-20)11-12-23-3/h4-10,13,15-16,23H,11-12,14H2,1-3H3. The van der Waals surface area contributed by atoms with Crippen LogP contribution in [0, 0.1) is 0 Å². The zero-order chi connectivity index (χ0) is 18.4. The molecule has 0 saturated heterocycles. The van der Waals surface area contributed by atoms with E-state index in [1.54, 1.807) is 11.3 Å². The summed E-state index contributed by atoms with van der Waals surface area (Å²) < 4.78 is 6.16. The van der Waals surface area contributed by atoms with Gasteiger partial charge in [-0.15, -0.1) is 11.3 Å². The monoisotopic (exact) mass is 366 g/mol. The third-order valence-corrected chi connectivity index (χ3v) is 5.23. The maximum Gasteiger partial charge on any atom is 0.129 e. The SMILES string of the molecule is CNCCc1nc(-c2cc(C(C)C)ccc2OCc2ccccc2)cs1. The summed E-state index contributed by atoms with van der Waals surface area (Å²) in [6.45, 7) is 5.92. The van der Waals surface area contributed by atoms with Gasteiger partial charge in [0.2, 0.25) is 0 Å². The van der Waals surface area contributed by atoms with E-state index in [-0.39, 0.29) is 0 Å².